The second-order valence-electron chi connectivity index (χ2n) is 4.82. The number of methoxy groups -OCH3 is 1. The fraction of sp³-hybridized carbons (Fsp3) is 0.538. The molecule has 1 unspecified atom stereocenters. The van der Waals surface area contributed by atoms with Gasteiger partial charge in [-0.2, -0.15) is 0 Å². The molecule has 0 radical (unpaired) electrons. The number of piperazine rings is 1. The number of nitrogens with zero attached hydrogens (tertiary/aromatic N) is 3. The van der Waals surface area contributed by atoms with Crippen LogP contribution in [-0.2, 0) is 0 Å². The molecular weight excluding hydrogens is 244 g/mol. The van der Waals surface area contributed by atoms with E-state index in [1.54, 1.807) is 25.4 Å². The normalized spacial score (nSPS) is 20.2. The summed E-state index contributed by atoms with van der Waals surface area (Å²) in [6, 6.07) is 3.64. The molecule has 0 aromatic carbocycles. The van der Waals surface area contributed by atoms with E-state index < -0.39 is 0 Å². The highest BCUT2D eigenvalue weighted by atomic mass is 16.5. The van der Waals surface area contributed by atoms with Crippen molar-refractivity contribution < 1.29 is 9.53 Å². The Morgan fingerprint density at radius 2 is 2.26 bits per heavy atom. The Hall–Kier alpha value is -1.82. The molecule has 6 nitrogen and oxygen atoms in total. The van der Waals surface area contributed by atoms with Gasteiger partial charge < -0.3 is 19.9 Å². The molecule has 19 heavy (non-hydrogen) atoms. The van der Waals surface area contributed by atoms with Gasteiger partial charge in [-0.15, -0.1) is 0 Å². The molecule has 2 heterocycles. The lowest BCUT2D eigenvalue weighted by molar-refractivity contribution is 0.125. The van der Waals surface area contributed by atoms with Gasteiger partial charge in [-0.1, -0.05) is 0 Å². The first kappa shape index (κ1) is 13.6. The van der Waals surface area contributed by atoms with Gasteiger partial charge in [0.25, 0.3) is 0 Å². The molecule has 1 aliphatic heterocycles. The van der Waals surface area contributed by atoms with Crippen LogP contribution in [0.1, 0.15) is 6.92 Å². The monoisotopic (exact) mass is 264 g/mol. The van der Waals surface area contributed by atoms with E-state index in [2.05, 4.69) is 29.2 Å². The van der Waals surface area contributed by atoms with Gasteiger partial charge in [0.05, 0.1) is 19.0 Å². The van der Waals surface area contributed by atoms with Crippen LogP contribution < -0.4 is 10.1 Å². The van der Waals surface area contributed by atoms with Crippen molar-refractivity contribution in [2.45, 2.75) is 13.0 Å². The van der Waals surface area contributed by atoms with Crippen LogP contribution in [-0.4, -0.2) is 60.6 Å². The molecule has 0 saturated carbocycles. The number of urea groups is 1. The van der Waals surface area contributed by atoms with Crippen molar-refractivity contribution in [1.82, 2.24) is 14.8 Å². The molecule has 1 aromatic rings. The summed E-state index contributed by atoms with van der Waals surface area (Å²) < 4.78 is 4.98. The first-order chi connectivity index (χ1) is 9.10. The largest absolute Gasteiger partial charge is 0.481 e. The zero-order valence-electron chi connectivity index (χ0n) is 11.6. The van der Waals surface area contributed by atoms with Crippen LogP contribution in [0.15, 0.2) is 18.3 Å². The first-order valence-corrected chi connectivity index (χ1v) is 6.36. The number of carbonyl (C=O) groups excluding carboxylic acids is 1. The van der Waals surface area contributed by atoms with E-state index in [1.165, 1.54) is 0 Å². The molecule has 1 saturated heterocycles. The molecule has 1 aliphatic rings. The summed E-state index contributed by atoms with van der Waals surface area (Å²) in [5.74, 6) is 0.533. The zero-order valence-corrected chi connectivity index (χ0v) is 11.6. The summed E-state index contributed by atoms with van der Waals surface area (Å²) in [6.45, 7) is 4.60. The van der Waals surface area contributed by atoms with E-state index in [0.29, 0.717) is 11.6 Å². The lowest BCUT2D eigenvalue weighted by Crippen LogP contribution is -2.53. The molecule has 1 fully saturated rings. The van der Waals surface area contributed by atoms with Gasteiger partial charge >= 0.3 is 6.03 Å². The third-order valence-corrected chi connectivity index (χ3v) is 3.29. The maximum atomic E-state index is 12.2. The third kappa shape index (κ3) is 3.35. The number of pyridine rings is 1. The first-order valence-electron chi connectivity index (χ1n) is 6.36. The Labute approximate surface area is 113 Å². The molecule has 0 aliphatic carbocycles. The number of rotatable bonds is 2. The number of carbonyl (C=O) groups is 1. The van der Waals surface area contributed by atoms with Gasteiger partial charge in [-0.05, 0) is 20.0 Å². The molecule has 104 valence electrons. The summed E-state index contributed by atoms with van der Waals surface area (Å²) in [6.07, 6.45) is 1.59. The van der Waals surface area contributed by atoms with E-state index in [1.807, 2.05) is 4.90 Å². The predicted molar refractivity (Wildman–Crippen MR) is 73.5 cm³/mol. The quantitative estimate of drug-likeness (QED) is 0.873. The number of anilines is 1. The van der Waals surface area contributed by atoms with Crippen molar-refractivity contribution >= 4 is 11.7 Å². The van der Waals surface area contributed by atoms with Crippen molar-refractivity contribution in [3.05, 3.63) is 18.3 Å². The van der Waals surface area contributed by atoms with E-state index in [0.717, 1.165) is 19.6 Å². The summed E-state index contributed by atoms with van der Waals surface area (Å²) in [5, 5.41) is 2.86. The fourth-order valence-corrected chi connectivity index (χ4v) is 2.21. The molecule has 6 heteroatoms. The SMILES string of the molecule is COc1ccc(NC(=O)N2CCN(C)CC2C)cn1. The van der Waals surface area contributed by atoms with Crippen LogP contribution >= 0.6 is 0 Å². The highest BCUT2D eigenvalue weighted by Gasteiger charge is 2.25. The van der Waals surface area contributed by atoms with Crippen LogP contribution in [0.3, 0.4) is 0 Å². The van der Waals surface area contributed by atoms with Gasteiger partial charge in [0.2, 0.25) is 5.88 Å². The third-order valence-electron chi connectivity index (χ3n) is 3.29. The molecular formula is C13H20N4O2. The summed E-state index contributed by atoms with van der Waals surface area (Å²) in [4.78, 5) is 20.3. The van der Waals surface area contributed by atoms with Gasteiger partial charge in [-0.3, -0.25) is 0 Å². The molecule has 1 atom stereocenters. The highest BCUT2D eigenvalue weighted by Crippen LogP contribution is 2.14. The van der Waals surface area contributed by atoms with Gasteiger partial charge in [0, 0.05) is 31.7 Å². The Morgan fingerprint density at radius 1 is 1.47 bits per heavy atom. The molecule has 2 amide bonds. The lowest BCUT2D eigenvalue weighted by atomic mass is 10.2. The maximum Gasteiger partial charge on any atom is 0.322 e. The Morgan fingerprint density at radius 3 is 2.84 bits per heavy atom. The molecule has 2 rings (SSSR count). The van der Waals surface area contributed by atoms with Crippen molar-refractivity contribution in [3.8, 4) is 5.88 Å². The molecule has 1 aromatic heterocycles. The molecule has 0 bridgehead atoms. The lowest BCUT2D eigenvalue weighted by Gasteiger charge is -2.38. The number of nitrogens with one attached hydrogen (secondary N) is 1. The number of hydrogen-bond donors (Lipinski definition) is 1. The van der Waals surface area contributed by atoms with Crippen LogP contribution in [0.2, 0.25) is 0 Å². The molecule has 0 spiro atoms. The van der Waals surface area contributed by atoms with Crippen molar-refractivity contribution in [1.29, 1.82) is 0 Å². The average Bonchev–Trinajstić information content (AvgIpc) is 2.39. The topological polar surface area (TPSA) is 57.7 Å². The number of hydrogen-bond acceptors (Lipinski definition) is 4. The second kappa shape index (κ2) is 5.88. The van der Waals surface area contributed by atoms with Crippen LogP contribution in [0, 0.1) is 0 Å². The highest BCUT2D eigenvalue weighted by molar-refractivity contribution is 5.89. The van der Waals surface area contributed by atoms with E-state index in [-0.39, 0.29) is 12.1 Å². The van der Waals surface area contributed by atoms with Crippen LogP contribution in [0.5, 0.6) is 5.88 Å². The Balaban J connectivity index is 1.96. The number of likely N-dealkylation sites (N-methyl/N-ethyl adjacent to an activating group) is 1. The summed E-state index contributed by atoms with van der Waals surface area (Å²) in [5.41, 5.74) is 0.678. The van der Waals surface area contributed by atoms with Gasteiger partial charge in [0.15, 0.2) is 0 Å². The van der Waals surface area contributed by atoms with Crippen molar-refractivity contribution in [3.63, 3.8) is 0 Å². The van der Waals surface area contributed by atoms with E-state index in [4.69, 9.17) is 4.74 Å². The zero-order chi connectivity index (χ0) is 13.8. The number of aromatic nitrogens is 1. The van der Waals surface area contributed by atoms with E-state index in [9.17, 15) is 4.79 Å². The fourth-order valence-electron chi connectivity index (χ4n) is 2.21. The number of ether oxygens (including phenoxy) is 1. The standard InChI is InChI=1S/C13H20N4O2/c1-10-9-16(2)6-7-17(10)13(18)15-11-4-5-12(19-3)14-8-11/h4-5,8,10H,6-7,9H2,1-3H3,(H,15,18). The maximum absolute atomic E-state index is 12.2. The van der Waals surface area contributed by atoms with Crippen LogP contribution in [0.4, 0.5) is 10.5 Å². The second-order valence-corrected chi connectivity index (χ2v) is 4.82. The van der Waals surface area contributed by atoms with E-state index >= 15 is 0 Å². The van der Waals surface area contributed by atoms with Gasteiger partial charge in [-0.25, -0.2) is 9.78 Å². The van der Waals surface area contributed by atoms with Gasteiger partial charge in [0.1, 0.15) is 0 Å². The average molecular weight is 264 g/mol. The molecule has 1 N–H and O–H groups in total. The minimum atomic E-state index is -0.0763. The van der Waals surface area contributed by atoms with Crippen molar-refractivity contribution in [2.75, 3.05) is 39.1 Å². The Bertz CT molecular complexity index is 435. The minimum absolute atomic E-state index is 0.0763. The predicted octanol–water partition coefficient (Wildman–Crippen LogP) is 1.26. The van der Waals surface area contributed by atoms with Crippen molar-refractivity contribution in [2.24, 2.45) is 0 Å². The smallest absolute Gasteiger partial charge is 0.322 e. The number of amides is 2. The summed E-state index contributed by atoms with van der Waals surface area (Å²) in [7, 11) is 3.63. The van der Waals surface area contributed by atoms with Crippen LogP contribution in [0.25, 0.3) is 0 Å². The Kier molecular flexibility index (Phi) is 4.21. The summed E-state index contributed by atoms with van der Waals surface area (Å²) >= 11 is 0. The minimum Gasteiger partial charge on any atom is -0.481 e.